The van der Waals surface area contributed by atoms with Gasteiger partial charge in [-0.1, -0.05) is 18.2 Å². The number of cyclic esters (lactones) is 1. The Labute approximate surface area is 155 Å². The van der Waals surface area contributed by atoms with Gasteiger partial charge >= 0.3 is 6.09 Å². The molecule has 0 aromatic heterocycles. The number of carbonyl (C=O) groups is 1. The van der Waals surface area contributed by atoms with E-state index < -0.39 is 29.1 Å². The van der Waals surface area contributed by atoms with E-state index in [-0.39, 0.29) is 25.3 Å². The van der Waals surface area contributed by atoms with E-state index >= 15 is 0 Å². The number of rotatable bonds is 6. The van der Waals surface area contributed by atoms with Gasteiger partial charge < -0.3 is 14.7 Å². The maximum absolute atomic E-state index is 13.9. The molecule has 0 spiro atoms. The van der Waals surface area contributed by atoms with Crippen molar-refractivity contribution in [3.63, 3.8) is 0 Å². The van der Waals surface area contributed by atoms with Gasteiger partial charge in [0.2, 0.25) is 0 Å². The fourth-order valence-corrected chi connectivity index (χ4v) is 3.35. The maximum atomic E-state index is 13.9. The van der Waals surface area contributed by atoms with Crippen LogP contribution in [0.4, 0.5) is 18.0 Å². The zero-order valence-electron chi connectivity index (χ0n) is 14.6. The van der Waals surface area contributed by atoms with Gasteiger partial charge in [0.25, 0.3) is 0 Å². The first-order chi connectivity index (χ1) is 12.9. The molecule has 27 heavy (non-hydrogen) atoms. The summed E-state index contributed by atoms with van der Waals surface area (Å²) in [4.78, 5) is 13.8. The fourth-order valence-electron chi connectivity index (χ4n) is 3.35. The minimum atomic E-state index is -1.00. The first-order valence-electron chi connectivity index (χ1n) is 8.73. The third kappa shape index (κ3) is 4.08. The Morgan fingerprint density at radius 3 is 2.33 bits per heavy atom. The second kappa shape index (κ2) is 8.00. The van der Waals surface area contributed by atoms with Crippen LogP contribution in [0.3, 0.4) is 0 Å². The summed E-state index contributed by atoms with van der Waals surface area (Å²) in [5.74, 6) is -1.85. The van der Waals surface area contributed by atoms with Crippen molar-refractivity contribution in [1.29, 1.82) is 0 Å². The zero-order chi connectivity index (χ0) is 19.4. The summed E-state index contributed by atoms with van der Waals surface area (Å²) in [6.45, 7) is -0.100. The van der Waals surface area contributed by atoms with Crippen molar-refractivity contribution in [3.05, 3.63) is 71.0 Å². The van der Waals surface area contributed by atoms with Gasteiger partial charge in [-0.3, -0.25) is 0 Å². The average Bonchev–Trinajstić information content (AvgIpc) is 2.65. The molecular formula is C20H20F3NO3. The lowest BCUT2D eigenvalue weighted by Gasteiger charge is -2.41. The van der Waals surface area contributed by atoms with Crippen LogP contribution in [0.2, 0.25) is 0 Å². The summed E-state index contributed by atoms with van der Waals surface area (Å²) in [5.41, 5.74) is -0.570. The highest BCUT2D eigenvalue weighted by Crippen LogP contribution is 2.38. The lowest BCUT2D eigenvalue weighted by molar-refractivity contribution is -0.0628. The number of ether oxygens (including phenoxy) is 1. The molecule has 1 N–H and O–H groups in total. The molecule has 1 aliphatic rings. The molecule has 1 fully saturated rings. The number of carbonyl (C=O) groups excluding carboxylic acids is 1. The van der Waals surface area contributed by atoms with Crippen molar-refractivity contribution in [2.24, 2.45) is 0 Å². The number of halogens is 3. The Morgan fingerprint density at radius 2 is 1.74 bits per heavy atom. The monoisotopic (exact) mass is 379 g/mol. The number of nitrogens with zero attached hydrogens (tertiary/aromatic N) is 1. The molecule has 144 valence electrons. The number of hydrogen-bond donors (Lipinski definition) is 1. The molecule has 2 aromatic carbocycles. The van der Waals surface area contributed by atoms with Crippen molar-refractivity contribution < 1.29 is 27.8 Å². The molecule has 1 atom stereocenters. The molecule has 1 saturated heterocycles. The van der Waals surface area contributed by atoms with Crippen LogP contribution in [0.25, 0.3) is 0 Å². The summed E-state index contributed by atoms with van der Waals surface area (Å²) in [6, 6.07) is 9.20. The van der Waals surface area contributed by atoms with E-state index in [4.69, 9.17) is 4.74 Å². The van der Waals surface area contributed by atoms with Crippen molar-refractivity contribution in [3.8, 4) is 0 Å². The third-order valence-electron chi connectivity index (χ3n) is 4.85. The summed E-state index contributed by atoms with van der Waals surface area (Å²) in [5, 5.41) is 9.18. The van der Waals surface area contributed by atoms with Gasteiger partial charge in [-0.25, -0.2) is 18.0 Å². The maximum Gasteiger partial charge on any atom is 0.410 e. The number of hydrogen-bond acceptors (Lipinski definition) is 3. The first kappa shape index (κ1) is 19.2. The number of benzene rings is 2. The average molecular weight is 379 g/mol. The van der Waals surface area contributed by atoms with Crippen molar-refractivity contribution in [1.82, 2.24) is 4.90 Å². The van der Waals surface area contributed by atoms with Gasteiger partial charge in [0.1, 0.15) is 23.1 Å². The van der Waals surface area contributed by atoms with Crippen LogP contribution in [0.15, 0.2) is 42.5 Å². The van der Waals surface area contributed by atoms with Gasteiger partial charge in [-0.05, 0) is 42.7 Å². The highest BCUT2D eigenvalue weighted by molar-refractivity contribution is 5.69. The molecule has 7 heteroatoms. The Kier molecular flexibility index (Phi) is 5.70. The minimum Gasteiger partial charge on any atom is -0.438 e. The first-order valence-corrected chi connectivity index (χ1v) is 8.73. The fraction of sp³-hybridized carbons (Fsp3) is 0.350. The largest absolute Gasteiger partial charge is 0.438 e. The van der Waals surface area contributed by atoms with Crippen molar-refractivity contribution in [2.45, 2.75) is 31.4 Å². The summed E-state index contributed by atoms with van der Waals surface area (Å²) >= 11 is 0. The molecule has 0 saturated carbocycles. The van der Waals surface area contributed by atoms with Crippen molar-refractivity contribution in [2.75, 3.05) is 13.2 Å². The lowest BCUT2D eigenvalue weighted by atomic mass is 9.84. The standard InChI is InChI=1S/C20H20F3NO3/c21-15-7-5-14(6-8-15)20(9-2-12-25)10-11-24(19(26)27-20)13-16-17(22)3-1-4-18(16)23/h1,3-8,25H,2,9-13H2. The lowest BCUT2D eigenvalue weighted by Crippen LogP contribution is -2.47. The van der Waals surface area contributed by atoms with Crippen LogP contribution in [0.5, 0.6) is 0 Å². The highest BCUT2D eigenvalue weighted by Gasteiger charge is 2.42. The second-order valence-corrected chi connectivity index (χ2v) is 6.57. The van der Waals surface area contributed by atoms with Gasteiger partial charge in [0.15, 0.2) is 0 Å². The molecule has 1 aliphatic heterocycles. The Balaban J connectivity index is 1.81. The van der Waals surface area contributed by atoms with E-state index in [1.807, 2.05) is 0 Å². The topological polar surface area (TPSA) is 49.8 Å². The van der Waals surface area contributed by atoms with E-state index in [0.717, 1.165) is 12.1 Å². The third-order valence-corrected chi connectivity index (χ3v) is 4.85. The van der Waals surface area contributed by atoms with Crippen LogP contribution in [-0.4, -0.2) is 29.3 Å². The van der Waals surface area contributed by atoms with Gasteiger partial charge in [0, 0.05) is 25.1 Å². The van der Waals surface area contributed by atoms with Crippen LogP contribution in [0, 0.1) is 17.5 Å². The molecule has 2 aromatic rings. The van der Waals surface area contributed by atoms with E-state index in [0.29, 0.717) is 24.8 Å². The molecule has 0 aliphatic carbocycles. The second-order valence-electron chi connectivity index (χ2n) is 6.57. The summed E-state index contributed by atoms with van der Waals surface area (Å²) < 4.78 is 46.7. The van der Waals surface area contributed by atoms with E-state index in [1.54, 1.807) is 12.1 Å². The van der Waals surface area contributed by atoms with Gasteiger partial charge in [-0.2, -0.15) is 0 Å². The molecule has 0 radical (unpaired) electrons. The zero-order valence-corrected chi connectivity index (χ0v) is 14.6. The van der Waals surface area contributed by atoms with Crippen LogP contribution < -0.4 is 0 Å². The minimum absolute atomic E-state index is 0.0787. The van der Waals surface area contributed by atoms with Crippen LogP contribution in [0.1, 0.15) is 30.4 Å². The SMILES string of the molecule is O=C1OC(CCCO)(c2ccc(F)cc2)CCN1Cc1c(F)cccc1F. The summed E-state index contributed by atoms with van der Waals surface area (Å²) in [7, 11) is 0. The van der Waals surface area contributed by atoms with Gasteiger partial charge in [0.05, 0.1) is 6.54 Å². The number of amides is 1. The molecule has 1 heterocycles. The Morgan fingerprint density at radius 1 is 1.07 bits per heavy atom. The van der Waals surface area contributed by atoms with Crippen molar-refractivity contribution >= 4 is 6.09 Å². The number of aliphatic hydroxyl groups excluding tert-OH is 1. The van der Waals surface area contributed by atoms with Gasteiger partial charge in [-0.15, -0.1) is 0 Å². The highest BCUT2D eigenvalue weighted by atomic mass is 19.1. The smallest absolute Gasteiger partial charge is 0.410 e. The normalized spacial score (nSPS) is 19.9. The van der Waals surface area contributed by atoms with E-state index in [2.05, 4.69) is 0 Å². The Bertz CT molecular complexity index is 792. The molecule has 3 rings (SSSR count). The molecule has 4 nitrogen and oxygen atoms in total. The Hall–Kier alpha value is -2.54. The molecule has 1 unspecified atom stereocenters. The quantitative estimate of drug-likeness (QED) is 0.822. The summed E-state index contributed by atoms with van der Waals surface area (Å²) in [6.07, 6.45) is 0.418. The number of aliphatic hydroxyl groups is 1. The van der Waals surface area contributed by atoms with Crippen LogP contribution in [-0.2, 0) is 16.9 Å². The predicted octanol–water partition coefficient (Wildman–Crippen LogP) is 4.11. The van der Waals surface area contributed by atoms with Crippen LogP contribution >= 0.6 is 0 Å². The predicted molar refractivity (Wildman–Crippen MR) is 92.3 cm³/mol. The van der Waals surface area contributed by atoms with E-state index in [9.17, 15) is 23.1 Å². The van der Waals surface area contributed by atoms with E-state index in [1.165, 1.54) is 23.1 Å². The molecular weight excluding hydrogens is 359 g/mol. The molecule has 0 bridgehead atoms. The molecule has 1 amide bonds.